The number of piperidine rings is 1. The summed E-state index contributed by atoms with van der Waals surface area (Å²) in [5, 5.41) is 0. The Hall–Kier alpha value is -1.81. The summed E-state index contributed by atoms with van der Waals surface area (Å²) in [6.07, 6.45) is 4.40. The molecular formula is C17H22N2O2. The summed E-state index contributed by atoms with van der Waals surface area (Å²) in [4.78, 5) is 14.6. The largest absolute Gasteiger partial charge is 0.420 e. The van der Waals surface area contributed by atoms with Gasteiger partial charge in [0.15, 0.2) is 5.58 Å². The van der Waals surface area contributed by atoms with Crippen LogP contribution in [0.5, 0.6) is 0 Å². The quantitative estimate of drug-likeness (QED) is 0.813. The van der Waals surface area contributed by atoms with E-state index >= 15 is 0 Å². The van der Waals surface area contributed by atoms with E-state index in [-0.39, 0.29) is 11.8 Å². The van der Waals surface area contributed by atoms with Crippen molar-refractivity contribution in [1.82, 2.24) is 9.47 Å². The first kappa shape index (κ1) is 14.1. The van der Waals surface area contributed by atoms with Crippen molar-refractivity contribution in [3.05, 3.63) is 46.5 Å². The van der Waals surface area contributed by atoms with Crippen LogP contribution in [0.4, 0.5) is 0 Å². The maximum Gasteiger partial charge on any atom is 0.420 e. The molecule has 1 fully saturated rings. The Morgan fingerprint density at radius 2 is 2.19 bits per heavy atom. The van der Waals surface area contributed by atoms with Gasteiger partial charge in [-0.3, -0.25) is 9.47 Å². The van der Waals surface area contributed by atoms with Crippen molar-refractivity contribution in [1.29, 1.82) is 0 Å². The molecule has 4 heteroatoms. The first-order chi connectivity index (χ1) is 10.1. The Kier molecular flexibility index (Phi) is 3.97. The molecule has 0 spiro atoms. The van der Waals surface area contributed by atoms with E-state index in [4.69, 9.17) is 4.42 Å². The maximum absolute atomic E-state index is 12.2. The van der Waals surface area contributed by atoms with E-state index in [9.17, 15) is 4.79 Å². The predicted molar refractivity (Wildman–Crippen MR) is 84.6 cm³/mol. The van der Waals surface area contributed by atoms with E-state index in [0.29, 0.717) is 5.58 Å². The highest BCUT2D eigenvalue weighted by Gasteiger charge is 2.24. The molecule has 1 aromatic heterocycles. The van der Waals surface area contributed by atoms with Gasteiger partial charge >= 0.3 is 5.76 Å². The molecule has 1 saturated heterocycles. The second kappa shape index (κ2) is 5.90. The molecule has 112 valence electrons. The Morgan fingerprint density at radius 3 is 3.00 bits per heavy atom. The lowest BCUT2D eigenvalue weighted by atomic mass is 10.1. The fraction of sp³-hybridized carbons (Fsp3) is 0.471. The zero-order chi connectivity index (χ0) is 14.8. The van der Waals surface area contributed by atoms with Crippen LogP contribution in [0.3, 0.4) is 0 Å². The third-order valence-corrected chi connectivity index (χ3v) is 4.12. The number of aromatic nitrogens is 1. The number of nitrogens with zero attached hydrogens (tertiary/aromatic N) is 2. The number of fused-ring (bicyclic) bond motifs is 1. The van der Waals surface area contributed by atoms with Gasteiger partial charge in [-0.1, -0.05) is 23.8 Å². The SMILES string of the molecule is CC(C)=CCN1CCCC(n2c(=O)oc3ccccc32)C1. The molecule has 21 heavy (non-hydrogen) atoms. The van der Waals surface area contributed by atoms with Crippen LogP contribution in [-0.2, 0) is 0 Å². The number of rotatable bonds is 3. The number of hydrogen-bond donors (Lipinski definition) is 0. The van der Waals surface area contributed by atoms with Gasteiger partial charge in [0, 0.05) is 13.1 Å². The van der Waals surface area contributed by atoms with E-state index in [1.165, 1.54) is 5.57 Å². The van der Waals surface area contributed by atoms with Gasteiger partial charge in [0.2, 0.25) is 0 Å². The number of hydrogen-bond acceptors (Lipinski definition) is 3. The van der Waals surface area contributed by atoms with E-state index in [1.807, 2.05) is 28.8 Å². The maximum atomic E-state index is 12.2. The number of para-hydroxylation sites is 2. The van der Waals surface area contributed by atoms with Gasteiger partial charge in [-0.2, -0.15) is 0 Å². The van der Waals surface area contributed by atoms with Gasteiger partial charge in [-0.25, -0.2) is 4.79 Å². The molecule has 0 radical (unpaired) electrons. The third-order valence-electron chi connectivity index (χ3n) is 4.12. The highest BCUT2D eigenvalue weighted by Crippen LogP contribution is 2.24. The van der Waals surface area contributed by atoms with Gasteiger partial charge < -0.3 is 4.42 Å². The van der Waals surface area contributed by atoms with Crippen LogP contribution in [0, 0.1) is 0 Å². The molecule has 0 saturated carbocycles. The fourth-order valence-corrected chi connectivity index (χ4v) is 3.05. The van der Waals surface area contributed by atoms with E-state index in [1.54, 1.807) is 0 Å². The zero-order valence-electron chi connectivity index (χ0n) is 12.7. The second-order valence-corrected chi connectivity index (χ2v) is 6.04. The molecule has 1 aliphatic heterocycles. The zero-order valence-corrected chi connectivity index (χ0v) is 12.7. The predicted octanol–water partition coefficient (Wildman–Crippen LogP) is 3.20. The van der Waals surface area contributed by atoms with Crippen LogP contribution in [0.25, 0.3) is 11.1 Å². The third kappa shape index (κ3) is 2.95. The molecule has 2 heterocycles. The number of benzene rings is 1. The second-order valence-electron chi connectivity index (χ2n) is 6.04. The minimum Gasteiger partial charge on any atom is -0.408 e. The van der Waals surface area contributed by atoms with Gasteiger partial charge in [-0.05, 0) is 45.4 Å². The van der Waals surface area contributed by atoms with Crippen molar-refractivity contribution >= 4 is 11.1 Å². The average Bonchev–Trinajstić information content (AvgIpc) is 2.81. The minimum absolute atomic E-state index is 0.209. The summed E-state index contributed by atoms with van der Waals surface area (Å²) < 4.78 is 7.20. The van der Waals surface area contributed by atoms with Gasteiger partial charge in [0.1, 0.15) is 0 Å². The Bertz CT molecular complexity index is 707. The monoisotopic (exact) mass is 286 g/mol. The fourth-order valence-electron chi connectivity index (χ4n) is 3.05. The van der Waals surface area contributed by atoms with Gasteiger partial charge in [0.05, 0.1) is 11.6 Å². The molecule has 2 aromatic rings. The Balaban J connectivity index is 1.87. The first-order valence-corrected chi connectivity index (χ1v) is 7.61. The van der Waals surface area contributed by atoms with Crippen LogP contribution in [0.15, 0.2) is 45.1 Å². The lowest BCUT2D eigenvalue weighted by molar-refractivity contribution is 0.190. The molecule has 1 aliphatic rings. The van der Waals surface area contributed by atoms with Crippen molar-refractivity contribution in [3.63, 3.8) is 0 Å². The lowest BCUT2D eigenvalue weighted by Crippen LogP contribution is -2.38. The molecule has 0 amide bonds. The average molecular weight is 286 g/mol. The number of oxazole rings is 1. The van der Waals surface area contributed by atoms with Crippen LogP contribution >= 0.6 is 0 Å². The van der Waals surface area contributed by atoms with Crippen LogP contribution < -0.4 is 5.76 Å². The number of allylic oxidation sites excluding steroid dienone is 1. The smallest absolute Gasteiger partial charge is 0.408 e. The van der Waals surface area contributed by atoms with Crippen molar-refractivity contribution in [2.75, 3.05) is 19.6 Å². The van der Waals surface area contributed by atoms with E-state index < -0.39 is 0 Å². The van der Waals surface area contributed by atoms with Crippen LogP contribution in [-0.4, -0.2) is 29.1 Å². The normalized spacial score (nSPS) is 19.8. The molecule has 4 nitrogen and oxygen atoms in total. The Labute approximate surface area is 124 Å². The van der Waals surface area contributed by atoms with Crippen molar-refractivity contribution < 1.29 is 4.42 Å². The molecule has 3 rings (SSSR count). The molecule has 1 atom stereocenters. The topological polar surface area (TPSA) is 38.4 Å². The number of likely N-dealkylation sites (tertiary alicyclic amines) is 1. The van der Waals surface area contributed by atoms with Gasteiger partial charge in [-0.15, -0.1) is 0 Å². The minimum atomic E-state index is -0.231. The van der Waals surface area contributed by atoms with Crippen LogP contribution in [0.2, 0.25) is 0 Å². The highest BCUT2D eigenvalue weighted by molar-refractivity contribution is 5.72. The van der Waals surface area contributed by atoms with Crippen molar-refractivity contribution in [2.24, 2.45) is 0 Å². The summed E-state index contributed by atoms with van der Waals surface area (Å²) in [7, 11) is 0. The van der Waals surface area contributed by atoms with Crippen molar-refractivity contribution in [2.45, 2.75) is 32.7 Å². The lowest BCUT2D eigenvalue weighted by Gasteiger charge is -2.32. The molecule has 1 aromatic carbocycles. The standard InChI is InChI=1S/C17H22N2O2/c1-13(2)9-11-18-10-5-6-14(12-18)19-15-7-3-4-8-16(15)21-17(19)20/h3-4,7-9,14H,5-6,10-12H2,1-2H3. The highest BCUT2D eigenvalue weighted by atomic mass is 16.4. The first-order valence-electron chi connectivity index (χ1n) is 7.61. The van der Waals surface area contributed by atoms with Gasteiger partial charge in [0.25, 0.3) is 0 Å². The molecular weight excluding hydrogens is 264 g/mol. The summed E-state index contributed by atoms with van der Waals surface area (Å²) in [6.45, 7) is 7.21. The summed E-state index contributed by atoms with van der Waals surface area (Å²) in [6, 6.07) is 7.89. The Morgan fingerprint density at radius 1 is 1.38 bits per heavy atom. The molecule has 0 bridgehead atoms. The van der Waals surface area contributed by atoms with E-state index in [2.05, 4.69) is 24.8 Å². The summed E-state index contributed by atoms with van der Waals surface area (Å²) in [5.74, 6) is -0.231. The molecule has 0 N–H and O–H groups in total. The summed E-state index contributed by atoms with van der Waals surface area (Å²) >= 11 is 0. The molecule has 1 unspecified atom stereocenters. The molecule has 0 aliphatic carbocycles. The van der Waals surface area contributed by atoms with Crippen molar-refractivity contribution in [3.8, 4) is 0 Å². The van der Waals surface area contributed by atoms with E-state index in [0.717, 1.165) is 38.0 Å². The summed E-state index contributed by atoms with van der Waals surface area (Å²) in [5.41, 5.74) is 2.93. The van der Waals surface area contributed by atoms with Crippen LogP contribution in [0.1, 0.15) is 32.7 Å².